The molecule has 1 atom stereocenters. The maximum Gasteiger partial charge on any atom is 0.331 e. The molecule has 2 heterocycles. The Hall–Kier alpha value is -2.15. The minimum absolute atomic E-state index is 0.0994. The van der Waals surface area contributed by atoms with Crippen molar-refractivity contribution in [3.05, 3.63) is 33.7 Å². The average Bonchev–Trinajstić information content (AvgIpc) is 2.78. The standard InChI is InChI=1S/C12H14N2O5/c1-7-4-9(15)8(5-13-7)10(16)14-12(11(17)18)2-3-19-6-12/h4-5H,2-3,6H2,1H3,(H,13,15)(H,14,16)(H,17,18). The molecule has 7 heteroatoms. The Morgan fingerprint density at radius 1 is 1.53 bits per heavy atom. The minimum Gasteiger partial charge on any atom is -0.479 e. The van der Waals surface area contributed by atoms with Crippen LogP contribution in [0, 0.1) is 6.92 Å². The van der Waals surface area contributed by atoms with Crippen LogP contribution in [-0.2, 0) is 9.53 Å². The number of carbonyl (C=O) groups excluding carboxylic acids is 1. The maximum atomic E-state index is 12.0. The first-order valence-electron chi connectivity index (χ1n) is 5.78. The highest BCUT2D eigenvalue weighted by Gasteiger charge is 2.44. The highest BCUT2D eigenvalue weighted by Crippen LogP contribution is 2.19. The summed E-state index contributed by atoms with van der Waals surface area (Å²) in [6.07, 6.45) is 1.45. The number of hydrogen-bond acceptors (Lipinski definition) is 4. The second-order valence-corrected chi connectivity index (χ2v) is 4.54. The number of carboxylic acid groups (broad SMARTS) is 1. The molecule has 102 valence electrons. The van der Waals surface area contributed by atoms with E-state index in [1.807, 2.05) is 0 Å². The topological polar surface area (TPSA) is 108 Å². The first-order valence-corrected chi connectivity index (χ1v) is 5.78. The van der Waals surface area contributed by atoms with Gasteiger partial charge in [-0.15, -0.1) is 0 Å². The number of H-pyrrole nitrogens is 1. The van der Waals surface area contributed by atoms with Crippen molar-refractivity contribution >= 4 is 11.9 Å². The lowest BCUT2D eigenvalue weighted by Gasteiger charge is -2.23. The third-order valence-corrected chi connectivity index (χ3v) is 3.09. The fraction of sp³-hybridized carbons (Fsp3) is 0.417. The fourth-order valence-electron chi connectivity index (χ4n) is 1.92. The molecule has 19 heavy (non-hydrogen) atoms. The van der Waals surface area contributed by atoms with Crippen LogP contribution in [-0.4, -0.2) is 40.7 Å². The van der Waals surface area contributed by atoms with Gasteiger partial charge in [0.25, 0.3) is 5.91 Å². The van der Waals surface area contributed by atoms with Crippen molar-refractivity contribution in [2.45, 2.75) is 18.9 Å². The normalized spacial score (nSPS) is 22.2. The first-order chi connectivity index (χ1) is 8.94. The van der Waals surface area contributed by atoms with E-state index in [1.165, 1.54) is 12.3 Å². The summed E-state index contributed by atoms with van der Waals surface area (Å²) in [4.78, 5) is 37.7. The molecule has 1 aliphatic heterocycles. The molecule has 0 saturated carbocycles. The Labute approximate surface area is 108 Å². The number of aromatic nitrogens is 1. The van der Waals surface area contributed by atoms with Gasteiger partial charge in [-0.2, -0.15) is 0 Å². The number of rotatable bonds is 3. The van der Waals surface area contributed by atoms with Crippen LogP contribution in [0.1, 0.15) is 22.5 Å². The summed E-state index contributed by atoms with van der Waals surface area (Å²) in [7, 11) is 0. The average molecular weight is 266 g/mol. The summed E-state index contributed by atoms with van der Waals surface area (Å²) < 4.78 is 5.03. The summed E-state index contributed by atoms with van der Waals surface area (Å²) >= 11 is 0. The number of amides is 1. The zero-order valence-corrected chi connectivity index (χ0v) is 10.4. The van der Waals surface area contributed by atoms with Gasteiger partial charge in [0.2, 0.25) is 0 Å². The van der Waals surface area contributed by atoms with Gasteiger partial charge in [0.1, 0.15) is 5.56 Å². The fourth-order valence-corrected chi connectivity index (χ4v) is 1.92. The number of carboxylic acids is 1. The number of pyridine rings is 1. The van der Waals surface area contributed by atoms with E-state index in [1.54, 1.807) is 6.92 Å². The van der Waals surface area contributed by atoms with Crippen molar-refractivity contribution in [1.29, 1.82) is 0 Å². The summed E-state index contributed by atoms with van der Waals surface area (Å²) in [6.45, 7) is 1.85. The molecule has 0 aromatic carbocycles. The lowest BCUT2D eigenvalue weighted by atomic mass is 9.98. The van der Waals surface area contributed by atoms with Gasteiger partial charge >= 0.3 is 5.97 Å². The second kappa shape index (κ2) is 4.85. The Balaban J connectivity index is 2.25. The molecule has 0 bridgehead atoms. The molecule has 7 nitrogen and oxygen atoms in total. The molecule has 1 saturated heterocycles. The quantitative estimate of drug-likeness (QED) is 0.693. The van der Waals surface area contributed by atoms with Crippen LogP contribution < -0.4 is 10.7 Å². The van der Waals surface area contributed by atoms with Gasteiger partial charge in [0.15, 0.2) is 11.0 Å². The third kappa shape index (κ3) is 2.50. The molecule has 1 aliphatic rings. The van der Waals surface area contributed by atoms with Crippen LogP contribution in [0.15, 0.2) is 17.1 Å². The van der Waals surface area contributed by atoms with Gasteiger partial charge in [0, 0.05) is 31.0 Å². The Morgan fingerprint density at radius 3 is 2.79 bits per heavy atom. The van der Waals surface area contributed by atoms with Crippen molar-refractivity contribution in [2.75, 3.05) is 13.2 Å². The van der Waals surface area contributed by atoms with Crippen molar-refractivity contribution in [3.8, 4) is 0 Å². The smallest absolute Gasteiger partial charge is 0.331 e. The number of aliphatic carboxylic acids is 1. The van der Waals surface area contributed by atoms with E-state index in [2.05, 4.69) is 10.3 Å². The molecule has 0 spiro atoms. The number of ether oxygens (including phenoxy) is 1. The third-order valence-electron chi connectivity index (χ3n) is 3.09. The van der Waals surface area contributed by atoms with Gasteiger partial charge in [-0.25, -0.2) is 4.79 Å². The lowest BCUT2D eigenvalue weighted by Crippen LogP contribution is -2.55. The predicted octanol–water partition coefficient (Wildman–Crippen LogP) is -0.343. The molecule has 1 amide bonds. The molecule has 2 rings (SSSR count). The van der Waals surface area contributed by atoms with E-state index in [0.29, 0.717) is 5.69 Å². The van der Waals surface area contributed by atoms with Crippen LogP contribution >= 0.6 is 0 Å². The van der Waals surface area contributed by atoms with E-state index < -0.39 is 22.8 Å². The highest BCUT2D eigenvalue weighted by atomic mass is 16.5. The van der Waals surface area contributed by atoms with Crippen molar-refractivity contribution in [1.82, 2.24) is 10.3 Å². The Kier molecular flexibility index (Phi) is 3.39. The van der Waals surface area contributed by atoms with Crippen LogP contribution in [0.3, 0.4) is 0 Å². The molecular weight excluding hydrogens is 252 g/mol. The first kappa shape index (κ1) is 13.3. The largest absolute Gasteiger partial charge is 0.479 e. The minimum atomic E-state index is -1.45. The highest BCUT2D eigenvalue weighted by molar-refractivity contribution is 5.97. The Morgan fingerprint density at radius 2 is 2.26 bits per heavy atom. The summed E-state index contributed by atoms with van der Waals surface area (Å²) in [5.41, 5.74) is -1.39. The zero-order chi connectivity index (χ0) is 14.0. The monoisotopic (exact) mass is 266 g/mol. The van der Waals surface area contributed by atoms with Crippen LogP contribution in [0.25, 0.3) is 0 Å². The van der Waals surface area contributed by atoms with Crippen LogP contribution in [0.5, 0.6) is 0 Å². The van der Waals surface area contributed by atoms with Gasteiger partial charge in [-0.1, -0.05) is 0 Å². The van der Waals surface area contributed by atoms with E-state index in [9.17, 15) is 19.5 Å². The molecule has 0 aliphatic carbocycles. The van der Waals surface area contributed by atoms with Gasteiger partial charge in [-0.05, 0) is 6.92 Å². The van der Waals surface area contributed by atoms with Crippen LogP contribution in [0.4, 0.5) is 0 Å². The molecule has 1 fully saturated rings. The van der Waals surface area contributed by atoms with Gasteiger partial charge in [0.05, 0.1) is 6.61 Å². The number of carbonyl (C=O) groups is 2. The number of aromatic amines is 1. The zero-order valence-electron chi connectivity index (χ0n) is 10.4. The van der Waals surface area contributed by atoms with E-state index in [4.69, 9.17) is 4.74 Å². The van der Waals surface area contributed by atoms with Crippen LogP contribution in [0.2, 0.25) is 0 Å². The number of aryl methyl sites for hydroxylation is 1. The lowest BCUT2D eigenvalue weighted by molar-refractivity contribution is -0.144. The van der Waals surface area contributed by atoms with E-state index >= 15 is 0 Å². The molecule has 0 radical (unpaired) electrons. The second-order valence-electron chi connectivity index (χ2n) is 4.54. The van der Waals surface area contributed by atoms with Crippen molar-refractivity contribution in [2.24, 2.45) is 0 Å². The van der Waals surface area contributed by atoms with Crippen molar-refractivity contribution < 1.29 is 19.4 Å². The molecular formula is C12H14N2O5. The Bertz CT molecular complexity index is 572. The SMILES string of the molecule is Cc1cc(=O)c(C(=O)NC2(C(=O)O)CCOC2)c[nH]1. The van der Waals surface area contributed by atoms with Crippen molar-refractivity contribution in [3.63, 3.8) is 0 Å². The summed E-state index contributed by atoms with van der Waals surface area (Å²) in [6, 6.07) is 1.29. The molecule has 3 N–H and O–H groups in total. The van der Waals surface area contributed by atoms with Gasteiger partial charge in [-0.3, -0.25) is 9.59 Å². The number of nitrogens with one attached hydrogen (secondary N) is 2. The van der Waals surface area contributed by atoms with E-state index in [0.717, 1.165) is 0 Å². The molecule has 1 aromatic rings. The summed E-state index contributed by atoms with van der Waals surface area (Å²) in [5, 5.41) is 11.6. The molecule has 1 unspecified atom stereocenters. The van der Waals surface area contributed by atoms with Gasteiger partial charge < -0.3 is 20.1 Å². The number of hydrogen-bond donors (Lipinski definition) is 3. The van der Waals surface area contributed by atoms with E-state index in [-0.39, 0.29) is 25.2 Å². The predicted molar refractivity (Wildman–Crippen MR) is 65.1 cm³/mol. The summed E-state index contributed by atoms with van der Waals surface area (Å²) in [5.74, 6) is -1.88. The molecule has 1 aromatic heterocycles. The maximum absolute atomic E-state index is 12.0.